The number of nitrogens with zero attached hydrogens (tertiary/aromatic N) is 2. The van der Waals surface area contributed by atoms with Gasteiger partial charge in [-0.3, -0.25) is 4.79 Å². The van der Waals surface area contributed by atoms with Crippen molar-refractivity contribution in [3.8, 4) is 0 Å². The number of nitrogens with two attached hydrogens (primary N) is 1. The molecule has 2 aromatic rings. The van der Waals surface area contributed by atoms with Crippen molar-refractivity contribution in [3.05, 3.63) is 46.0 Å². The van der Waals surface area contributed by atoms with Gasteiger partial charge in [-0.15, -0.1) is 0 Å². The molecule has 1 aromatic heterocycles. The van der Waals surface area contributed by atoms with Gasteiger partial charge >= 0.3 is 5.97 Å². The van der Waals surface area contributed by atoms with Crippen LogP contribution in [0.4, 0.5) is 10.1 Å². The molecule has 1 atom stereocenters. The van der Waals surface area contributed by atoms with E-state index >= 15 is 4.39 Å². The van der Waals surface area contributed by atoms with E-state index in [-0.39, 0.29) is 17.5 Å². The molecule has 1 aliphatic heterocycles. The lowest BCUT2D eigenvalue weighted by molar-refractivity contribution is 0.0688. The van der Waals surface area contributed by atoms with Gasteiger partial charge in [0.05, 0.1) is 5.52 Å². The summed E-state index contributed by atoms with van der Waals surface area (Å²) in [4.78, 5) is 26.4. The highest BCUT2D eigenvalue weighted by Crippen LogP contribution is 2.42. The van der Waals surface area contributed by atoms with Crippen LogP contribution in [-0.4, -0.2) is 34.8 Å². The van der Waals surface area contributed by atoms with Gasteiger partial charge in [0.15, 0.2) is 5.56 Å². The molecule has 2 aliphatic rings. The Labute approximate surface area is 155 Å². The quantitative estimate of drug-likeness (QED) is 0.807. The highest BCUT2D eigenvalue weighted by Gasteiger charge is 2.34. The maximum atomic E-state index is 15.1. The number of hydrogen-bond donors (Lipinski definition) is 2. The lowest BCUT2D eigenvalue weighted by Crippen LogP contribution is -2.28. The van der Waals surface area contributed by atoms with E-state index in [9.17, 15) is 14.7 Å². The van der Waals surface area contributed by atoms with E-state index in [1.807, 2.05) is 6.92 Å². The molecule has 1 saturated heterocycles. The Morgan fingerprint density at radius 2 is 2.00 bits per heavy atom. The molecular formula is C20H22FN3O3. The van der Waals surface area contributed by atoms with E-state index in [0.29, 0.717) is 23.2 Å². The summed E-state index contributed by atoms with van der Waals surface area (Å²) in [6.07, 6.45) is 2.36. The monoisotopic (exact) mass is 371 g/mol. The van der Waals surface area contributed by atoms with Crippen LogP contribution in [0.25, 0.3) is 16.5 Å². The third kappa shape index (κ3) is 2.73. The fourth-order valence-electron chi connectivity index (χ4n) is 4.01. The first-order chi connectivity index (χ1) is 12.8. The lowest BCUT2D eigenvalue weighted by Gasteiger charge is -2.25. The van der Waals surface area contributed by atoms with Crippen LogP contribution >= 0.6 is 0 Å². The van der Waals surface area contributed by atoms with E-state index in [1.165, 1.54) is 4.57 Å². The SMILES string of the molecule is C=C(C)c1c(N2CCC(N)C2)ccc2c(=O)c(C(=O)O)c(F)n(C3CC3)c12. The van der Waals surface area contributed by atoms with E-state index in [4.69, 9.17) is 5.73 Å². The molecule has 1 aromatic carbocycles. The number of carboxylic acids is 1. The first kappa shape index (κ1) is 17.7. The number of anilines is 1. The van der Waals surface area contributed by atoms with Crippen molar-refractivity contribution in [2.24, 2.45) is 5.73 Å². The van der Waals surface area contributed by atoms with Gasteiger partial charge in [0.2, 0.25) is 11.4 Å². The largest absolute Gasteiger partial charge is 0.477 e. The van der Waals surface area contributed by atoms with Crippen LogP contribution in [0, 0.1) is 5.95 Å². The minimum atomic E-state index is -1.54. The van der Waals surface area contributed by atoms with Crippen molar-refractivity contribution in [2.75, 3.05) is 18.0 Å². The zero-order valence-electron chi connectivity index (χ0n) is 15.2. The summed E-state index contributed by atoms with van der Waals surface area (Å²) >= 11 is 0. The fourth-order valence-corrected chi connectivity index (χ4v) is 4.01. The zero-order valence-corrected chi connectivity index (χ0v) is 15.2. The molecule has 7 heteroatoms. The number of pyridine rings is 1. The van der Waals surface area contributed by atoms with Crippen LogP contribution in [0.5, 0.6) is 0 Å². The zero-order chi connectivity index (χ0) is 19.5. The number of rotatable bonds is 4. The maximum absolute atomic E-state index is 15.1. The molecule has 3 N–H and O–H groups in total. The predicted octanol–water partition coefficient (Wildman–Crippen LogP) is 2.74. The molecule has 6 nitrogen and oxygen atoms in total. The van der Waals surface area contributed by atoms with E-state index in [0.717, 1.165) is 31.5 Å². The number of benzene rings is 1. The summed E-state index contributed by atoms with van der Waals surface area (Å²) in [6, 6.07) is 3.33. The lowest BCUT2D eigenvalue weighted by atomic mass is 9.99. The van der Waals surface area contributed by atoms with Gasteiger partial charge < -0.3 is 20.3 Å². The van der Waals surface area contributed by atoms with Gasteiger partial charge in [-0.2, -0.15) is 4.39 Å². The molecule has 0 amide bonds. The topological polar surface area (TPSA) is 88.6 Å². The van der Waals surface area contributed by atoms with Crippen molar-refractivity contribution in [1.29, 1.82) is 0 Å². The molecule has 1 unspecified atom stereocenters. The van der Waals surface area contributed by atoms with Crippen molar-refractivity contribution in [2.45, 2.75) is 38.3 Å². The second-order valence-electron chi connectivity index (χ2n) is 7.53. The smallest absolute Gasteiger partial charge is 0.344 e. The van der Waals surface area contributed by atoms with Crippen LogP contribution in [0.2, 0.25) is 0 Å². The molecule has 0 bridgehead atoms. The Kier molecular flexibility index (Phi) is 4.07. The molecule has 1 saturated carbocycles. The second-order valence-corrected chi connectivity index (χ2v) is 7.53. The van der Waals surface area contributed by atoms with E-state index < -0.39 is 22.9 Å². The summed E-state index contributed by atoms with van der Waals surface area (Å²) in [6.45, 7) is 7.32. The molecule has 0 radical (unpaired) electrons. The first-order valence-corrected chi connectivity index (χ1v) is 9.11. The Balaban J connectivity index is 2.11. The fraction of sp³-hybridized carbons (Fsp3) is 0.400. The number of aromatic carboxylic acids is 1. The van der Waals surface area contributed by atoms with Crippen LogP contribution in [0.1, 0.15) is 48.1 Å². The molecule has 0 spiro atoms. The molecular weight excluding hydrogens is 349 g/mol. The Bertz CT molecular complexity index is 1040. The average Bonchev–Trinajstić information content (AvgIpc) is 3.33. The Morgan fingerprint density at radius 1 is 1.30 bits per heavy atom. The number of carboxylic acid groups (broad SMARTS) is 1. The number of fused-ring (bicyclic) bond motifs is 1. The van der Waals surface area contributed by atoms with Crippen LogP contribution in [0.15, 0.2) is 23.5 Å². The normalized spacial score (nSPS) is 19.7. The van der Waals surface area contributed by atoms with Crippen molar-refractivity contribution in [1.82, 2.24) is 4.57 Å². The minimum absolute atomic E-state index is 0.0652. The number of aromatic nitrogens is 1. The minimum Gasteiger partial charge on any atom is -0.477 e. The standard InChI is InChI=1S/C20H22FN3O3/c1-10(2)15-14(23-8-7-11(22)9-23)6-5-13-17(15)24(12-3-4-12)19(21)16(18(13)25)20(26)27/h5-6,11-12H,1,3-4,7-9,22H2,2H3,(H,26,27). The molecule has 2 heterocycles. The number of halogens is 1. The number of hydrogen-bond acceptors (Lipinski definition) is 4. The Hall–Kier alpha value is -2.67. The first-order valence-electron chi connectivity index (χ1n) is 9.11. The van der Waals surface area contributed by atoms with Gasteiger partial charge in [0.1, 0.15) is 0 Å². The third-order valence-corrected chi connectivity index (χ3v) is 5.40. The summed E-state index contributed by atoms with van der Waals surface area (Å²) in [5.41, 5.74) is 7.16. The van der Waals surface area contributed by atoms with Crippen LogP contribution < -0.4 is 16.1 Å². The van der Waals surface area contributed by atoms with Crippen LogP contribution in [-0.2, 0) is 0 Å². The molecule has 27 heavy (non-hydrogen) atoms. The second kappa shape index (κ2) is 6.20. The Morgan fingerprint density at radius 3 is 2.52 bits per heavy atom. The molecule has 1 aliphatic carbocycles. The maximum Gasteiger partial charge on any atom is 0.344 e. The number of carbonyl (C=O) groups is 1. The van der Waals surface area contributed by atoms with Gasteiger partial charge in [0, 0.05) is 41.8 Å². The predicted molar refractivity (Wildman–Crippen MR) is 103 cm³/mol. The summed E-state index contributed by atoms with van der Waals surface area (Å²) in [5, 5.41) is 9.59. The summed E-state index contributed by atoms with van der Waals surface area (Å²) in [5.74, 6) is -2.51. The third-order valence-electron chi connectivity index (χ3n) is 5.40. The van der Waals surface area contributed by atoms with E-state index in [2.05, 4.69) is 11.5 Å². The number of allylic oxidation sites excluding steroid dienone is 1. The van der Waals surface area contributed by atoms with Gasteiger partial charge in [-0.25, -0.2) is 4.79 Å². The average molecular weight is 371 g/mol. The highest BCUT2D eigenvalue weighted by atomic mass is 19.1. The van der Waals surface area contributed by atoms with Gasteiger partial charge in [-0.05, 0) is 43.9 Å². The summed E-state index contributed by atoms with van der Waals surface area (Å²) in [7, 11) is 0. The van der Waals surface area contributed by atoms with Gasteiger partial charge in [-0.1, -0.05) is 6.58 Å². The van der Waals surface area contributed by atoms with Gasteiger partial charge in [0.25, 0.3) is 0 Å². The molecule has 2 fully saturated rings. The van der Waals surface area contributed by atoms with Crippen LogP contribution in [0.3, 0.4) is 0 Å². The van der Waals surface area contributed by atoms with Crippen molar-refractivity contribution < 1.29 is 14.3 Å². The van der Waals surface area contributed by atoms with E-state index in [1.54, 1.807) is 12.1 Å². The molecule has 4 rings (SSSR count). The summed E-state index contributed by atoms with van der Waals surface area (Å²) < 4.78 is 16.5. The molecule has 142 valence electrons. The van der Waals surface area contributed by atoms with Crippen molar-refractivity contribution in [3.63, 3.8) is 0 Å². The van der Waals surface area contributed by atoms with Crippen molar-refractivity contribution >= 4 is 28.1 Å². The highest BCUT2D eigenvalue weighted by molar-refractivity contribution is 6.00.